The Balaban J connectivity index is 2.24. The van der Waals surface area contributed by atoms with Gasteiger partial charge < -0.3 is 10.4 Å². The third-order valence-electron chi connectivity index (χ3n) is 2.22. The summed E-state index contributed by atoms with van der Waals surface area (Å²) in [5.41, 5.74) is 2.36. The first kappa shape index (κ1) is 15.1. The van der Waals surface area contributed by atoms with Crippen molar-refractivity contribution < 1.29 is 19.5 Å². The molecule has 7 nitrogen and oxygen atoms in total. The van der Waals surface area contributed by atoms with Crippen LogP contribution in [0.2, 0.25) is 0 Å². The number of aliphatic carboxylic acids is 1. The standard InChI is InChI=1S/C11H15N3O4S/c1-7(3-10(16)17)2-9(15)14-11(18)12-4-8-5-19-6-13-8/h5-7H,2-4H2,1H3,(H,16,17)(H2,12,14,15,18). The predicted octanol–water partition coefficient (Wildman–Crippen LogP) is 0.970. The van der Waals surface area contributed by atoms with Crippen LogP contribution in [0.3, 0.4) is 0 Å². The minimum Gasteiger partial charge on any atom is -0.481 e. The molecule has 104 valence electrons. The fraction of sp³-hybridized carbons (Fsp3) is 0.455. The molecule has 19 heavy (non-hydrogen) atoms. The number of nitrogens with one attached hydrogen (secondary N) is 2. The van der Waals surface area contributed by atoms with Crippen LogP contribution < -0.4 is 10.6 Å². The molecule has 0 aliphatic rings. The molecular formula is C11H15N3O4S. The quantitative estimate of drug-likeness (QED) is 0.721. The van der Waals surface area contributed by atoms with Gasteiger partial charge in [0.05, 0.1) is 17.7 Å². The van der Waals surface area contributed by atoms with Gasteiger partial charge in [0.15, 0.2) is 0 Å². The number of carboxylic acids is 1. The van der Waals surface area contributed by atoms with Gasteiger partial charge in [0, 0.05) is 18.2 Å². The molecule has 3 amide bonds. The summed E-state index contributed by atoms with van der Waals surface area (Å²) >= 11 is 1.41. The van der Waals surface area contributed by atoms with E-state index >= 15 is 0 Å². The van der Waals surface area contributed by atoms with Gasteiger partial charge in [-0.3, -0.25) is 14.9 Å². The van der Waals surface area contributed by atoms with Gasteiger partial charge in [0.2, 0.25) is 5.91 Å². The number of carbonyl (C=O) groups excluding carboxylic acids is 2. The summed E-state index contributed by atoms with van der Waals surface area (Å²) in [6, 6.07) is -0.611. The number of imide groups is 1. The maximum atomic E-state index is 11.4. The molecule has 1 atom stereocenters. The van der Waals surface area contributed by atoms with Gasteiger partial charge >= 0.3 is 12.0 Å². The molecule has 3 N–H and O–H groups in total. The van der Waals surface area contributed by atoms with E-state index in [1.54, 1.807) is 17.8 Å². The summed E-state index contributed by atoms with van der Waals surface area (Å²) in [7, 11) is 0. The van der Waals surface area contributed by atoms with Crippen molar-refractivity contribution in [1.29, 1.82) is 0 Å². The molecule has 0 bridgehead atoms. The lowest BCUT2D eigenvalue weighted by Crippen LogP contribution is -2.39. The number of carboxylic acid groups (broad SMARTS) is 1. The van der Waals surface area contributed by atoms with Crippen LogP contribution in [0.1, 0.15) is 25.5 Å². The first-order valence-electron chi connectivity index (χ1n) is 5.64. The van der Waals surface area contributed by atoms with Gasteiger partial charge in [-0.05, 0) is 5.92 Å². The molecule has 0 radical (unpaired) electrons. The fourth-order valence-electron chi connectivity index (χ4n) is 1.40. The second-order valence-corrected chi connectivity index (χ2v) is 4.84. The molecule has 8 heteroatoms. The van der Waals surface area contributed by atoms with E-state index in [0.717, 1.165) is 0 Å². The molecule has 0 saturated heterocycles. The molecule has 0 fully saturated rings. The number of amides is 3. The van der Waals surface area contributed by atoms with Crippen molar-refractivity contribution >= 4 is 29.2 Å². The summed E-state index contributed by atoms with van der Waals surface area (Å²) in [6.45, 7) is 1.88. The Kier molecular flexibility index (Phi) is 5.94. The lowest BCUT2D eigenvalue weighted by atomic mass is 10.0. The van der Waals surface area contributed by atoms with E-state index in [1.807, 2.05) is 0 Å². The van der Waals surface area contributed by atoms with Gasteiger partial charge in [-0.15, -0.1) is 11.3 Å². The van der Waals surface area contributed by atoms with Gasteiger partial charge in [0.25, 0.3) is 0 Å². The average molecular weight is 285 g/mol. The Morgan fingerprint density at radius 2 is 2.16 bits per heavy atom. The van der Waals surface area contributed by atoms with Crippen LogP contribution in [0.15, 0.2) is 10.9 Å². The zero-order valence-electron chi connectivity index (χ0n) is 10.4. The molecule has 0 aromatic carbocycles. The molecule has 0 saturated carbocycles. The molecule has 0 spiro atoms. The zero-order valence-corrected chi connectivity index (χ0v) is 11.2. The number of nitrogens with zero attached hydrogens (tertiary/aromatic N) is 1. The first-order valence-corrected chi connectivity index (χ1v) is 6.58. The van der Waals surface area contributed by atoms with Crippen molar-refractivity contribution in [1.82, 2.24) is 15.6 Å². The van der Waals surface area contributed by atoms with Crippen LogP contribution in [0.5, 0.6) is 0 Å². The van der Waals surface area contributed by atoms with Crippen LogP contribution in [0.4, 0.5) is 4.79 Å². The molecule has 1 heterocycles. The van der Waals surface area contributed by atoms with Gasteiger partial charge in [0.1, 0.15) is 0 Å². The Labute approximate surface area is 114 Å². The molecular weight excluding hydrogens is 270 g/mol. The molecule has 0 aliphatic heterocycles. The summed E-state index contributed by atoms with van der Waals surface area (Å²) in [5, 5.41) is 15.0. The maximum Gasteiger partial charge on any atom is 0.321 e. The van der Waals surface area contributed by atoms with Gasteiger partial charge in [-0.2, -0.15) is 0 Å². The molecule has 1 unspecified atom stereocenters. The van der Waals surface area contributed by atoms with Crippen LogP contribution in [-0.4, -0.2) is 28.0 Å². The third-order valence-corrected chi connectivity index (χ3v) is 2.86. The van der Waals surface area contributed by atoms with Crippen molar-refractivity contribution in [2.75, 3.05) is 0 Å². The number of thiazole rings is 1. The van der Waals surface area contributed by atoms with Crippen LogP contribution in [0, 0.1) is 5.92 Å². The smallest absolute Gasteiger partial charge is 0.321 e. The van der Waals surface area contributed by atoms with E-state index in [4.69, 9.17) is 5.11 Å². The Hall–Kier alpha value is -1.96. The van der Waals surface area contributed by atoms with Crippen molar-refractivity contribution in [3.63, 3.8) is 0 Å². The summed E-state index contributed by atoms with van der Waals surface area (Å²) in [5.74, 6) is -1.78. The number of hydrogen-bond acceptors (Lipinski definition) is 5. The fourth-order valence-corrected chi connectivity index (χ4v) is 1.96. The zero-order chi connectivity index (χ0) is 14.3. The van der Waals surface area contributed by atoms with E-state index in [0.29, 0.717) is 5.69 Å². The predicted molar refractivity (Wildman–Crippen MR) is 68.5 cm³/mol. The van der Waals surface area contributed by atoms with E-state index in [2.05, 4.69) is 15.6 Å². The highest BCUT2D eigenvalue weighted by molar-refractivity contribution is 7.07. The lowest BCUT2D eigenvalue weighted by Gasteiger charge is -2.09. The van der Waals surface area contributed by atoms with Crippen LogP contribution >= 0.6 is 11.3 Å². The highest BCUT2D eigenvalue weighted by Gasteiger charge is 2.14. The number of aromatic nitrogens is 1. The number of carbonyl (C=O) groups is 3. The SMILES string of the molecule is CC(CC(=O)O)CC(=O)NC(=O)NCc1cscn1. The third kappa shape index (κ3) is 6.51. The lowest BCUT2D eigenvalue weighted by molar-refractivity contribution is -0.138. The van der Waals surface area contributed by atoms with Crippen molar-refractivity contribution in [2.45, 2.75) is 26.3 Å². The maximum absolute atomic E-state index is 11.4. The Bertz CT molecular complexity index is 447. The number of rotatable bonds is 6. The normalized spacial score (nSPS) is 11.6. The summed E-state index contributed by atoms with van der Waals surface area (Å²) in [6.07, 6.45) is -0.107. The number of urea groups is 1. The summed E-state index contributed by atoms with van der Waals surface area (Å²) in [4.78, 5) is 37.2. The van der Waals surface area contributed by atoms with E-state index in [9.17, 15) is 14.4 Å². The van der Waals surface area contributed by atoms with Crippen LogP contribution in [0.25, 0.3) is 0 Å². The van der Waals surface area contributed by atoms with E-state index < -0.39 is 17.9 Å². The Morgan fingerprint density at radius 1 is 1.42 bits per heavy atom. The minimum atomic E-state index is -0.965. The molecule has 1 aromatic heterocycles. The molecule has 0 aliphatic carbocycles. The Morgan fingerprint density at radius 3 is 2.74 bits per heavy atom. The van der Waals surface area contributed by atoms with Gasteiger partial charge in [-0.25, -0.2) is 9.78 Å². The highest BCUT2D eigenvalue weighted by atomic mass is 32.1. The topological polar surface area (TPSA) is 108 Å². The van der Waals surface area contributed by atoms with E-state index in [1.165, 1.54) is 11.3 Å². The molecule has 1 rings (SSSR count). The summed E-state index contributed by atoms with van der Waals surface area (Å²) < 4.78 is 0. The van der Waals surface area contributed by atoms with Crippen molar-refractivity contribution in [3.8, 4) is 0 Å². The van der Waals surface area contributed by atoms with Crippen molar-refractivity contribution in [2.24, 2.45) is 5.92 Å². The molecule has 1 aromatic rings. The van der Waals surface area contributed by atoms with Gasteiger partial charge in [-0.1, -0.05) is 6.92 Å². The second kappa shape index (κ2) is 7.47. The second-order valence-electron chi connectivity index (χ2n) is 4.12. The largest absolute Gasteiger partial charge is 0.481 e. The van der Waals surface area contributed by atoms with Crippen molar-refractivity contribution in [3.05, 3.63) is 16.6 Å². The number of hydrogen-bond donors (Lipinski definition) is 3. The first-order chi connectivity index (χ1) is 8.97. The average Bonchev–Trinajstić information content (AvgIpc) is 2.77. The van der Waals surface area contributed by atoms with Crippen LogP contribution in [-0.2, 0) is 16.1 Å². The minimum absolute atomic E-state index is 0.00355. The van der Waals surface area contributed by atoms with E-state index in [-0.39, 0.29) is 25.3 Å². The highest BCUT2D eigenvalue weighted by Crippen LogP contribution is 2.06. The monoisotopic (exact) mass is 285 g/mol.